The number of hydrogen-bond donors (Lipinski definition) is 0. The maximum Gasteiger partial charge on any atom is 0.109 e. The molecule has 0 saturated heterocycles. The number of allylic oxidation sites excluding steroid dienone is 1. The lowest BCUT2D eigenvalue weighted by molar-refractivity contribution is 0.520. The summed E-state index contributed by atoms with van der Waals surface area (Å²) in [6, 6.07) is 0. The molecule has 0 aromatic carbocycles. The van der Waals surface area contributed by atoms with Crippen LogP contribution in [0.5, 0.6) is 0 Å². The van der Waals surface area contributed by atoms with Crippen molar-refractivity contribution in [2.75, 3.05) is 0 Å². The van der Waals surface area contributed by atoms with Gasteiger partial charge in [-0.15, -0.1) is 0 Å². The lowest BCUT2D eigenvalue weighted by atomic mass is 10.1. The summed E-state index contributed by atoms with van der Waals surface area (Å²) in [5, 5.41) is 0. The number of imidazole rings is 1. The summed E-state index contributed by atoms with van der Waals surface area (Å²) in [6.45, 7) is 6.95. The Bertz CT molecular complexity index is 372. The van der Waals surface area contributed by atoms with Crippen molar-refractivity contribution in [1.29, 1.82) is 0 Å². The predicted octanol–water partition coefficient (Wildman–Crippen LogP) is 2.90. The Morgan fingerprint density at radius 1 is 1.43 bits per heavy atom. The standard InChI is InChI=1S/C12H16N2/c1-3-7-11-10(4-2)13-12-8-5-6-9-14(11)12/h3-4,7H,2,5-6,8-9H2,1H3/b7-3-. The lowest BCUT2D eigenvalue weighted by Crippen LogP contribution is -2.11. The largest absolute Gasteiger partial charge is 0.328 e. The van der Waals surface area contributed by atoms with Crippen LogP contribution in [0.2, 0.25) is 0 Å². The second-order valence-electron chi connectivity index (χ2n) is 3.61. The molecule has 1 aromatic rings. The lowest BCUT2D eigenvalue weighted by Gasteiger charge is -2.14. The number of nitrogens with zero attached hydrogens (tertiary/aromatic N) is 2. The van der Waals surface area contributed by atoms with Crippen LogP contribution < -0.4 is 0 Å². The van der Waals surface area contributed by atoms with Gasteiger partial charge in [0.15, 0.2) is 0 Å². The van der Waals surface area contributed by atoms with E-state index in [0.29, 0.717) is 0 Å². The van der Waals surface area contributed by atoms with Crippen molar-refractivity contribution in [3.63, 3.8) is 0 Å². The number of aromatic nitrogens is 2. The van der Waals surface area contributed by atoms with Gasteiger partial charge in [0, 0.05) is 13.0 Å². The van der Waals surface area contributed by atoms with Crippen LogP contribution >= 0.6 is 0 Å². The second-order valence-corrected chi connectivity index (χ2v) is 3.61. The van der Waals surface area contributed by atoms with E-state index in [4.69, 9.17) is 0 Å². The summed E-state index contributed by atoms with van der Waals surface area (Å²) in [5.41, 5.74) is 2.25. The minimum absolute atomic E-state index is 1.03. The SMILES string of the molecule is C=Cc1nc2n(c1/C=C\C)CCCC2. The van der Waals surface area contributed by atoms with Gasteiger partial charge in [-0.2, -0.15) is 0 Å². The first-order chi connectivity index (χ1) is 6.86. The summed E-state index contributed by atoms with van der Waals surface area (Å²) in [5.74, 6) is 1.22. The molecule has 0 fully saturated rings. The second kappa shape index (κ2) is 3.82. The van der Waals surface area contributed by atoms with Gasteiger partial charge in [-0.05, 0) is 31.9 Å². The summed E-state index contributed by atoms with van der Waals surface area (Å²) < 4.78 is 2.32. The van der Waals surface area contributed by atoms with Crippen molar-refractivity contribution < 1.29 is 0 Å². The highest BCUT2D eigenvalue weighted by Crippen LogP contribution is 2.21. The van der Waals surface area contributed by atoms with Gasteiger partial charge in [0.05, 0.1) is 11.4 Å². The number of rotatable bonds is 2. The molecular formula is C12H16N2. The van der Waals surface area contributed by atoms with Crippen LogP contribution in [0.4, 0.5) is 0 Å². The molecule has 2 nitrogen and oxygen atoms in total. The van der Waals surface area contributed by atoms with E-state index in [9.17, 15) is 0 Å². The fourth-order valence-electron chi connectivity index (χ4n) is 2.01. The minimum atomic E-state index is 1.03. The van der Waals surface area contributed by atoms with Crippen molar-refractivity contribution >= 4 is 12.2 Å². The third-order valence-corrected chi connectivity index (χ3v) is 2.66. The van der Waals surface area contributed by atoms with E-state index >= 15 is 0 Å². The van der Waals surface area contributed by atoms with E-state index < -0.39 is 0 Å². The highest BCUT2D eigenvalue weighted by molar-refractivity contribution is 5.59. The molecule has 1 aromatic heterocycles. The molecule has 0 aliphatic carbocycles. The molecule has 1 aliphatic rings. The van der Waals surface area contributed by atoms with Crippen LogP contribution in [0.1, 0.15) is 37.0 Å². The normalized spacial score (nSPS) is 15.8. The highest BCUT2D eigenvalue weighted by atomic mass is 15.1. The van der Waals surface area contributed by atoms with Crippen LogP contribution in [0, 0.1) is 0 Å². The average Bonchev–Trinajstić information content (AvgIpc) is 2.58. The van der Waals surface area contributed by atoms with E-state index in [1.165, 1.54) is 24.4 Å². The molecule has 14 heavy (non-hydrogen) atoms. The molecule has 0 unspecified atom stereocenters. The zero-order valence-electron chi connectivity index (χ0n) is 8.66. The van der Waals surface area contributed by atoms with Gasteiger partial charge in [-0.25, -0.2) is 4.98 Å². The summed E-state index contributed by atoms with van der Waals surface area (Å²) in [7, 11) is 0. The molecule has 0 bridgehead atoms. The molecule has 74 valence electrons. The van der Waals surface area contributed by atoms with Crippen molar-refractivity contribution in [3.05, 3.63) is 29.9 Å². The Balaban J connectivity index is 2.52. The maximum atomic E-state index is 4.58. The summed E-state index contributed by atoms with van der Waals surface area (Å²) in [4.78, 5) is 4.58. The van der Waals surface area contributed by atoms with Gasteiger partial charge in [0.25, 0.3) is 0 Å². The topological polar surface area (TPSA) is 17.8 Å². The number of aryl methyl sites for hydroxylation is 1. The molecular weight excluding hydrogens is 172 g/mol. The Labute approximate surface area is 85.0 Å². The van der Waals surface area contributed by atoms with Crippen molar-refractivity contribution in [1.82, 2.24) is 9.55 Å². The van der Waals surface area contributed by atoms with Gasteiger partial charge in [-0.1, -0.05) is 12.7 Å². The van der Waals surface area contributed by atoms with Crippen LogP contribution in [0.3, 0.4) is 0 Å². The molecule has 0 saturated carbocycles. The van der Waals surface area contributed by atoms with E-state index in [-0.39, 0.29) is 0 Å². The fourth-order valence-corrected chi connectivity index (χ4v) is 2.01. The average molecular weight is 188 g/mol. The van der Waals surface area contributed by atoms with Gasteiger partial charge < -0.3 is 4.57 Å². The first-order valence-corrected chi connectivity index (χ1v) is 5.21. The number of fused-ring (bicyclic) bond motifs is 1. The van der Waals surface area contributed by atoms with Gasteiger partial charge in [-0.3, -0.25) is 0 Å². The Hall–Kier alpha value is -1.31. The molecule has 0 amide bonds. The van der Waals surface area contributed by atoms with Gasteiger partial charge in [0.2, 0.25) is 0 Å². The minimum Gasteiger partial charge on any atom is -0.328 e. The molecule has 2 heteroatoms. The first-order valence-electron chi connectivity index (χ1n) is 5.21. The van der Waals surface area contributed by atoms with Gasteiger partial charge >= 0.3 is 0 Å². The molecule has 1 aliphatic heterocycles. The Morgan fingerprint density at radius 3 is 3.00 bits per heavy atom. The number of hydrogen-bond acceptors (Lipinski definition) is 1. The van der Waals surface area contributed by atoms with Crippen LogP contribution in [0.25, 0.3) is 12.2 Å². The quantitative estimate of drug-likeness (QED) is 0.697. The van der Waals surface area contributed by atoms with Crippen molar-refractivity contribution in [2.24, 2.45) is 0 Å². The molecule has 0 atom stereocenters. The zero-order valence-corrected chi connectivity index (χ0v) is 8.66. The van der Waals surface area contributed by atoms with E-state index in [0.717, 1.165) is 18.7 Å². The van der Waals surface area contributed by atoms with Crippen molar-refractivity contribution in [2.45, 2.75) is 32.7 Å². The van der Waals surface area contributed by atoms with E-state index in [2.05, 4.69) is 28.3 Å². The highest BCUT2D eigenvalue weighted by Gasteiger charge is 2.15. The van der Waals surface area contributed by atoms with Crippen LogP contribution in [0.15, 0.2) is 12.7 Å². The first kappa shape index (κ1) is 9.25. The van der Waals surface area contributed by atoms with Crippen LogP contribution in [-0.2, 0) is 13.0 Å². The smallest absolute Gasteiger partial charge is 0.109 e. The molecule has 0 N–H and O–H groups in total. The molecule has 2 heterocycles. The van der Waals surface area contributed by atoms with Gasteiger partial charge in [0.1, 0.15) is 5.82 Å². The molecule has 0 spiro atoms. The predicted molar refractivity (Wildman–Crippen MR) is 60.0 cm³/mol. The Kier molecular flexibility index (Phi) is 2.53. The van der Waals surface area contributed by atoms with E-state index in [1.807, 2.05) is 13.0 Å². The molecule has 2 rings (SSSR count). The molecule has 0 radical (unpaired) electrons. The van der Waals surface area contributed by atoms with Crippen molar-refractivity contribution in [3.8, 4) is 0 Å². The van der Waals surface area contributed by atoms with E-state index in [1.54, 1.807) is 0 Å². The Morgan fingerprint density at radius 2 is 2.29 bits per heavy atom. The fraction of sp³-hybridized carbons (Fsp3) is 0.417. The maximum absolute atomic E-state index is 4.58. The summed E-state index contributed by atoms with van der Waals surface area (Å²) >= 11 is 0. The summed E-state index contributed by atoms with van der Waals surface area (Å²) in [6.07, 6.45) is 9.68. The third-order valence-electron chi connectivity index (χ3n) is 2.66. The monoisotopic (exact) mass is 188 g/mol. The van der Waals surface area contributed by atoms with Crippen LogP contribution in [-0.4, -0.2) is 9.55 Å². The zero-order chi connectivity index (χ0) is 9.97. The third kappa shape index (κ3) is 1.41.